The topological polar surface area (TPSA) is 197 Å². The van der Waals surface area contributed by atoms with Gasteiger partial charge in [-0.2, -0.15) is 0 Å². The van der Waals surface area contributed by atoms with Crippen molar-refractivity contribution in [2.45, 2.75) is 26.2 Å². The number of hydrogen-bond donors (Lipinski definition) is 4. The first-order chi connectivity index (χ1) is 27.0. The van der Waals surface area contributed by atoms with Gasteiger partial charge in [-0.25, -0.2) is 0 Å². The number of phenols is 2. The SMILES string of the molecule is COCCOCCOCCOCCNC(=O)CCNc1c(O)c2c(=O)cc(OC)c3c4c(OC)cc(=O)c5c(O)c(OC)c6c(c(c1C=C(C)C6C(C)=O)c23)c54. The number of amides is 1. The second kappa shape index (κ2) is 17.1. The molecule has 0 saturated carbocycles. The van der Waals surface area contributed by atoms with Gasteiger partial charge in [0.2, 0.25) is 5.91 Å². The Balaban J connectivity index is 1.39. The Bertz CT molecular complexity index is 2450. The first-order valence-corrected chi connectivity index (χ1v) is 18.2. The molecular weight excluding hydrogens is 728 g/mol. The van der Waals surface area contributed by atoms with Crippen molar-refractivity contribution < 1.29 is 53.0 Å². The minimum atomic E-state index is -0.958. The molecule has 1 amide bonds. The Morgan fingerprint density at radius 2 is 1.23 bits per heavy atom. The summed E-state index contributed by atoms with van der Waals surface area (Å²) >= 11 is 0. The largest absolute Gasteiger partial charge is 0.505 e. The first kappa shape index (κ1) is 40.2. The molecule has 1 unspecified atom stereocenters. The predicted octanol–water partition coefficient (Wildman–Crippen LogP) is 4.04. The highest BCUT2D eigenvalue weighted by atomic mass is 16.6. The molecule has 15 heteroatoms. The number of aromatic hydroxyl groups is 2. The standard InChI is InChI=1S/C41H46N2O13/c1-20-17-22-29-34-30(39(48)38(22)43-8-7-27(47)42-9-10-54-13-14-56-16-15-55-12-11-50-3)23(45)18-25(51-4)32(34)33-26(52-5)19-24(46)31-36(33)35(29)37(28(20)21(2)44)41(53-6)40(31)49/h17-19,28,43,48-49H,7-16H2,1-6H3,(H,42,47). The zero-order chi connectivity index (χ0) is 40.3. The molecule has 1 aliphatic carbocycles. The van der Waals surface area contributed by atoms with E-state index in [2.05, 4.69) is 10.6 Å². The van der Waals surface area contributed by atoms with Crippen LogP contribution in [-0.2, 0) is 28.5 Å². The lowest BCUT2D eigenvalue weighted by Gasteiger charge is -2.25. The van der Waals surface area contributed by atoms with Crippen molar-refractivity contribution in [3.05, 3.63) is 49.3 Å². The number of nitrogens with one attached hydrogen (secondary N) is 2. The molecule has 0 saturated heterocycles. The van der Waals surface area contributed by atoms with Gasteiger partial charge in [0.15, 0.2) is 28.1 Å². The van der Waals surface area contributed by atoms with Gasteiger partial charge in [-0.3, -0.25) is 19.2 Å². The van der Waals surface area contributed by atoms with Crippen molar-refractivity contribution in [1.29, 1.82) is 0 Å². The van der Waals surface area contributed by atoms with Gasteiger partial charge in [-0.05, 0) is 19.2 Å². The number of Topliss-reactive ketones (excluding diaryl/α,β-unsaturated/α-hetero) is 1. The Hall–Kier alpha value is -5.48. The van der Waals surface area contributed by atoms with Gasteiger partial charge in [0, 0.05) is 76.8 Å². The fourth-order valence-electron chi connectivity index (χ4n) is 7.78. The van der Waals surface area contributed by atoms with E-state index in [0.29, 0.717) is 83.3 Å². The number of ketones is 1. The molecule has 0 aromatic heterocycles. The van der Waals surface area contributed by atoms with Crippen LogP contribution in [0.5, 0.6) is 28.7 Å². The number of phenolic OH excluding ortho intramolecular Hbond substituents is 2. The third-order valence-corrected chi connectivity index (χ3v) is 10.1. The van der Waals surface area contributed by atoms with E-state index in [1.165, 1.54) is 40.4 Å². The molecule has 298 valence electrons. The number of benzene rings is 5. The van der Waals surface area contributed by atoms with Gasteiger partial charge in [0.1, 0.15) is 17.3 Å². The highest BCUT2D eigenvalue weighted by Gasteiger charge is 2.37. The van der Waals surface area contributed by atoms with E-state index >= 15 is 0 Å². The maximum Gasteiger partial charge on any atom is 0.221 e. The molecule has 0 spiro atoms. The van der Waals surface area contributed by atoms with Crippen LogP contribution in [0.15, 0.2) is 27.3 Å². The summed E-state index contributed by atoms with van der Waals surface area (Å²) in [5.41, 5.74) is 0.264. The highest BCUT2D eigenvalue weighted by Crippen LogP contribution is 2.58. The molecule has 6 rings (SSSR count). The average molecular weight is 775 g/mol. The number of allylic oxidation sites excluding steroid dienone is 1. The van der Waals surface area contributed by atoms with E-state index in [0.717, 1.165) is 0 Å². The molecule has 0 bridgehead atoms. The number of methoxy groups -OCH3 is 4. The zero-order valence-corrected chi connectivity index (χ0v) is 32.3. The molecule has 5 aromatic rings. The van der Waals surface area contributed by atoms with Crippen LogP contribution in [-0.4, -0.2) is 110 Å². The number of carbonyl (C=O) groups excluding carboxylic acids is 2. The van der Waals surface area contributed by atoms with Crippen LogP contribution in [0.3, 0.4) is 0 Å². The molecule has 1 atom stereocenters. The number of anilines is 1. The minimum absolute atomic E-state index is 0.00258. The van der Waals surface area contributed by atoms with Crippen molar-refractivity contribution in [2.75, 3.05) is 93.1 Å². The van der Waals surface area contributed by atoms with E-state index in [-0.39, 0.29) is 82.7 Å². The van der Waals surface area contributed by atoms with Gasteiger partial charge < -0.3 is 54.0 Å². The minimum Gasteiger partial charge on any atom is -0.505 e. The van der Waals surface area contributed by atoms with Crippen LogP contribution in [0, 0.1) is 0 Å². The number of carbonyl (C=O) groups is 2. The summed E-state index contributed by atoms with van der Waals surface area (Å²) in [4.78, 5) is 54.2. The van der Waals surface area contributed by atoms with E-state index < -0.39 is 22.5 Å². The summed E-state index contributed by atoms with van der Waals surface area (Å²) < 4.78 is 38.5. The third kappa shape index (κ3) is 7.07. The van der Waals surface area contributed by atoms with Crippen LogP contribution in [0.2, 0.25) is 0 Å². The summed E-state index contributed by atoms with van der Waals surface area (Å²) in [6.45, 7) is 6.39. The number of rotatable bonds is 20. The summed E-state index contributed by atoms with van der Waals surface area (Å²) in [6.07, 6.45) is 1.73. The third-order valence-electron chi connectivity index (χ3n) is 10.1. The second-order valence-corrected chi connectivity index (χ2v) is 13.4. The summed E-state index contributed by atoms with van der Waals surface area (Å²) in [7, 11) is 5.74. The molecule has 0 radical (unpaired) electrons. The fourth-order valence-corrected chi connectivity index (χ4v) is 7.78. The average Bonchev–Trinajstić information content (AvgIpc) is 3.30. The molecule has 5 aromatic carbocycles. The van der Waals surface area contributed by atoms with Gasteiger partial charge in [0.25, 0.3) is 0 Å². The van der Waals surface area contributed by atoms with E-state index in [9.17, 15) is 29.4 Å². The Morgan fingerprint density at radius 3 is 1.79 bits per heavy atom. The quantitative estimate of drug-likeness (QED) is 0.0383. The molecule has 0 fully saturated rings. The number of ether oxygens (including phenoxy) is 7. The van der Waals surface area contributed by atoms with Crippen molar-refractivity contribution >= 4 is 66.5 Å². The zero-order valence-electron chi connectivity index (χ0n) is 32.3. The molecule has 56 heavy (non-hydrogen) atoms. The van der Waals surface area contributed by atoms with Gasteiger partial charge >= 0.3 is 0 Å². The van der Waals surface area contributed by atoms with Crippen LogP contribution >= 0.6 is 0 Å². The van der Waals surface area contributed by atoms with Crippen molar-refractivity contribution in [3.63, 3.8) is 0 Å². The van der Waals surface area contributed by atoms with Crippen LogP contribution in [0.25, 0.3) is 49.2 Å². The number of hydrogen-bond acceptors (Lipinski definition) is 14. The second-order valence-electron chi connectivity index (χ2n) is 13.4. The Labute approximate surface area is 321 Å². The van der Waals surface area contributed by atoms with Crippen molar-refractivity contribution in [1.82, 2.24) is 5.32 Å². The van der Waals surface area contributed by atoms with E-state index in [4.69, 9.17) is 33.2 Å². The van der Waals surface area contributed by atoms with Crippen molar-refractivity contribution in [2.24, 2.45) is 0 Å². The first-order valence-electron chi connectivity index (χ1n) is 18.2. The monoisotopic (exact) mass is 774 g/mol. The van der Waals surface area contributed by atoms with Gasteiger partial charge in [-0.1, -0.05) is 11.6 Å². The smallest absolute Gasteiger partial charge is 0.221 e. The van der Waals surface area contributed by atoms with Crippen LogP contribution in [0.4, 0.5) is 5.69 Å². The lowest BCUT2D eigenvalue weighted by Crippen LogP contribution is -2.29. The molecule has 0 heterocycles. The van der Waals surface area contributed by atoms with Crippen LogP contribution < -0.4 is 35.7 Å². The van der Waals surface area contributed by atoms with Crippen LogP contribution in [0.1, 0.15) is 37.3 Å². The molecule has 4 N–H and O–H groups in total. The number of fused-ring (bicyclic) bond motifs is 1. The van der Waals surface area contributed by atoms with Gasteiger partial charge in [0.05, 0.1) is 90.0 Å². The maximum atomic E-state index is 14.0. The summed E-state index contributed by atoms with van der Waals surface area (Å²) in [5, 5.41) is 31.7. The molecule has 0 aliphatic heterocycles. The lowest BCUT2D eigenvalue weighted by atomic mass is 9.80. The highest BCUT2D eigenvalue weighted by molar-refractivity contribution is 6.40. The molecule has 1 aliphatic rings. The molecular formula is C41H46N2O13. The van der Waals surface area contributed by atoms with Gasteiger partial charge in [-0.15, -0.1) is 0 Å². The van der Waals surface area contributed by atoms with E-state index in [1.807, 2.05) is 0 Å². The Kier molecular flexibility index (Phi) is 12.3. The summed E-state index contributed by atoms with van der Waals surface area (Å²) in [5.74, 6) is -2.12. The normalized spacial score (nSPS) is 13.8. The maximum absolute atomic E-state index is 14.0. The molecule has 15 nitrogen and oxygen atoms in total. The predicted molar refractivity (Wildman–Crippen MR) is 212 cm³/mol. The lowest BCUT2D eigenvalue weighted by molar-refractivity contribution is -0.121. The van der Waals surface area contributed by atoms with Crippen molar-refractivity contribution in [3.8, 4) is 28.7 Å². The van der Waals surface area contributed by atoms with E-state index in [1.54, 1.807) is 20.1 Å². The fraction of sp³-hybridized carbons (Fsp3) is 0.415. The Morgan fingerprint density at radius 1 is 0.679 bits per heavy atom. The summed E-state index contributed by atoms with van der Waals surface area (Å²) in [6, 6.07) is 2.48.